The minimum absolute atomic E-state index is 0.172. The summed E-state index contributed by atoms with van der Waals surface area (Å²) in [6.45, 7) is 0. The number of nitrogens with zero attached hydrogens (tertiary/aromatic N) is 1. The Bertz CT molecular complexity index is 469. The molecule has 2 nitrogen and oxygen atoms in total. The van der Waals surface area contributed by atoms with E-state index in [0.717, 1.165) is 5.01 Å². The van der Waals surface area contributed by atoms with Crippen LogP contribution in [0.1, 0.15) is 23.1 Å². The van der Waals surface area contributed by atoms with Crippen LogP contribution in [-0.4, -0.2) is 10.1 Å². The van der Waals surface area contributed by atoms with E-state index in [1.54, 1.807) is 12.3 Å². The average molecular weight is 272 g/mol. The Balaban J connectivity index is 2.07. The van der Waals surface area contributed by atoms with E-state index >= 15 is 0 Å². The Kier molecular flexibility index (Phi) is 4.10. The van der Waals surface area contributed by atoms with Crippen LogP contribution in [0, 0.1) is 5.82 Å². The van der Waals surface area contributed by atoms with Gasteiger partial charge in [0.25, 0.3) is 0 Å². The van der Waals surface area contributed by atoms with Gasteiger partial charge in [0.1, 0.15) is 5.82 Å². The van der Waals surface area contributed by atoms with Gasteiger partial charge in [0, 0.05) is 28.6 Å². The van der Waals surface area contributed by atoms with Crippen molar-refractivity contribution in [3.05, 3.63) is 51.2 Å². The van der Waals surface area contributed by atoms with Crippen LogP contribution in [0.3, 0.4) is 0 Å². The summed E-state index contributed by atoms with van der Waals surface area (Å²) in [4.78, 5) is 4.11. The van der Waals surface area contributed by atoms with E-state index in [1.165, 1.54) is 23.5 Å². The molecule has 0 amide bonds. The fourth-order valence-electron chi connectivity index (χ4n) is 1.61. The van der Waals surface area contributed by atoms with Crippen LogP contribution in [0.25, 0.3) is 0 Å². The molecule has 0 aliphatic rings. The zero-order valence-corrected chi connectivity index (χ0v) is 10.5. The SMILES string of the molecule is OC(CCc1nccs1)c1c(F)cccc1Cl. The Morgan fingerprint density at radius 1 is 1.47 bits per heavy atom. The van der Waals surface area contributed by atoms with Crippen LogP contribution >= 0.6 is 22.9 Å². The van der Waals surface area contributed by atoms with Gasteiger partial charge in [-0.15, -0.1) is 11.3 Å². The number of halogens is 2. The van der Waals surface area contributed by atoms with Crippen LogP contribution in [-0.2, 0) is 6.42 Å². The van der Waals surface area contributed by atoms with Crippen molar-refractivity contribution in [1.29, 1.82) is 0 Å². The van der Waals surface area contributed by atoms with Crippen molar-refractivity contribution in [2.45, 2.75) is 18.9 Å². The number of aromatic nitrogens is 1. The Labute approximate surface area is 108 Å². The van der Waals surface area contributed by atoms with Crippen molar-refractivity contribution < 1.29 is 9.50 Å². The number of aliphatic hydroxyl groups excluding tert-OH is 1. The van der Waals surface area contributed by atoms with Crippen LogP contribution < -0.4 is 0 Å². The second kappa shape index (κ2) is 5.58. The van der Waals surface area contributed by atoms with Gasteiger partial charge in [0.05, 0.1) is 11.1 Å². The molecule has 0 aliphatic carbocycles. The van der Waals surface area contributed by atoms with Crippen molar-refractivity contribution in [2.24, 2.45) is 0 Å². The van der Waals surface area contributed by atoms with Gasteiger partial charge in [-0.25, -0.2) is 9.37 Å². The van der Waals surface area contributed by atoms with Crippen LogP contribution in [0.4, 0.5) is 4.39 Å². The summed E-state index contributed by atoms with van der Waals surface area (Å²) in [7, 11) is 0. The molecule has 0 bridgehead atoms. The maximum atomic E-state index is 13.5. The van der Waals surface area contributed by atoms with Crippen molar-refractivity contribution in [3.8, 4) is 0 Å². The van der Waals surface area contributed by atoms with E-state index in [2.05, 4.69) is 4.98 Å². The summed E-state index contributed by atoms with van der Waals surface area (Å²) in [6.07, 6.45) is 1.84. The quantitative estimate of drug-likeness (QED) is 0.922. The molecule has 5 heteroatoms. The molecule has 0 saturated carbocycles. The molecule has 1 N–H and O–H groups in total. The molecule has 2 rings (SSSR count). The number of hydrogen-bond acceptors (Lipinski definition) is 3. The van der Waals surface area contributed by atoms with E-state index in [-0.39, 0.29) is 10.6 Å². The molecule has 1 unspecified atom stereocenters. The smallest absolute Gasteiger partial charge is 0.130 e. The van der Waals surface area contributed by atoms with E-state index in [1.807, 2.05) is 5.38 Å². The summed E-state index contributed by atoms with van der Waals surface area (Å²) >= 11 is 7.39. The molecule has 17 heavy (non-hydrogen) atoms. The first kappa shape index (κ1) is 12.5. The number of aryl methyl sites for hydroxylation is 1. The summed E-state index contributed by atoms with van der Waals surface area (Å²) < 4.78 is 13.5. The lowest BCUT2D eigenvalue weighted by Crippen LogP contribution is -2.03. The van der Waals surface area contributed by atoms with Gasteiger partial charge in [-0.2, -0.15) is 0 Å². The van der Waals surface area contributed by atoms with Crippen molar-refractivity contribution >= 4 is 22.9 Å². The third kappa shape index (κ3) is 3.03. The molecule has 0 aliphatic heterocycles. The number of hydrogen-bond donors (Lipinski definition) is 1. The standard InChI is InChI=1S/C12H11ClFNOS/c13-8-2-1-3-9(14)12(8)10(16)4-5-11-15-6-7-17-11/h1-3,6-7,10,16H,4-5H2. The topological polar surface area (TPSA) is 33.1 Å². The molecule has 2 aromatic rings. The summed E-state index contributed by atoms with van der Waals surface area (Å²) in [5.41, 5.74) is 0.172. The zero-order chi connectivity index (χ0) is 12.3. The maximum absolute atomic E-state index is 13.5. The van der Waals surface area contributed by atoms with Gasteiger partial charge >= 0.3 is 0 Å². The average Bonchev–Trinajstić information content (AvgIpc) is 2.79. The van der Waals surface area contributed by atoms with E-state index in [4.69, 9.17) is 11.6 Å². The summed E-state index contributed by atoms with van der Waals surface area (Å²) in [6, 6.07) is 4.40. The molecule has 1 heterocycles. The largest absolute Gasteiger partial charge is 0.388 e. The summed E-state index contributed by atoms with van der Waals surface area (Å²) in [5.74, 6) is -0.468. The third-order valence-electron chi connectivity index (χ3n) is 2.45. The Morgan fingerprint density at radius 3 is 2.94 bits per heavy atom. The van der Waals surface area contributed by atoms with Crippen molar-refractivity contribution in [3.63, 3.8) is 0 Å². The monoisotopic (exact) mass is 271 g/mol. The van der Waals surface area contributed by atoms with E-state index in [9.17, 15) is 9.50 Å². The number of benzene rings is 1. The first-order valence-corrected chi connectivity index (χ1v) is 6.44. The minimum Gasteiger partial charge on any atom is -0.388 e. The molecule has 1 aromatic heterocycles. The highest BCUT2D eigenvalue weighted by molar-refractivity contribution is 7.09. The van der Waals surface area contributed by atoms with Crippen LogP contribution in [0.2, 0.25) is 5.02 Å². The van der Waals surface area contributed by atoms with Crippen molar-refractivity contribution in [1.82, 2.24) is 4.98 Å². The highest BCUT2D eigenvalue weighted by Gasteiger charge is 2.16. The van der Waals surface area contributed by atoms with Crippen molar-refractivity contribution in [2.75, 3.05) is 0 Å². The Morgan fingerprint density at radius 2 is 2.29 bits per heavy atom. The molecule has 0 fully saturated rings. The predicted octanol–water partition coefficient (Wildman–Crippen LogP) is 3.60. The first-order valence-electron chi connectivity index (χ1n) is 5.19. The van der Waals surface area contributed by atoms with Gasteiger partial charge < -0.3 is 5.11 Å². The number of rotatable bonds is 4. The zero-order valence-electron chi connectivity index (χ0n) is 8.94. The van der Waals surface area contributed by atoms with Gasteiger partial charge in [-0.1, -0.05) is 17.7 Å². The third-order valence-corrected chi connectivity index (χ3v) is 3.62. The fraction of sp³-hybridized carbons (Fsp3) is 0.250. The van der Waals surface area contributed by atoms with Gasteiger partial charge in [-0.3, -0.25) is 0 Å². The molecular weight excluding hydrogens is 261 g/mol. The van der Waals surface area contributed by atoms with Crippen LogP contribution in [0.15, 0.2) is 29.8 Å². The lowest BCUT2D eigenvalue weighted by molar-refractivity contribution is 0.163. The second-order valence-electron chi connectivity index (χ2n) is 3.62. The Hall–Kier alpha value is -0.970. The predicted molar refractivity (Wildman–Crippen MR) is 66.8 cm³/mol. The van der Waals surface area contributed by atoms with Crippen LogP contribution in [0.5, 0.6) is 0 Å². The van der Waals surface area contributed by atoms with Gasteiger partial charge in [0.2, 0.25) is 0 Å². The molecular formula is C12H11ClFNOS. The lowest BCUT2D eigenvalue weighted by atomic mass is 10.0. The van der Waals surface area contributed by atoms with Gasteiger partial charge in [-0.05, 0) is 18.6 Å². The highest BCUT2D eigenvalue weighted by Crippen LogP contribution is 2.28. The molecule has 0 radical (unpaired) electrons. The maximum Gasteiger partial charge on any atom is 0.130 e. The lowest BCUT2D eigenvalue weighted by Gasteiger charge is -2.12. The molecule has 1 atom stereocenters. The normalized spacial score (nSPS) is 12.6. The summed E-state index contributed by atoms with van der Waals surface area (Å²) in [5, 5.41) is 13.0. The highest BCUT2D eigenvalue weighted by atomic mass is 35.5. The first-order chi connectivity index (χ1) is 8.18. The number of thiazole rings is 1. The van der Waals surface area contributed by atoms with E-state index < -0.39 is 11.9 Å². The van der Waals surface area contributed by atoms with E-state index in [0.29, 0.717) is 12.8 Å². The molecule has 1 aromatic carbocycles. The fourth-order valence-corrected chi connectivity index (χ4v) is 2.54. The molecule has 0 spiro atoms. The number of aliphatic hydroxyl groups is 1. The second-order valence-corrected chi connectivity index (χ2v) is 5.00. The minimum atomic E-state index is -0.896. The molecule has 90 valence electrons. The molecule has 0 saturated heterocycles. The van der Waals surface area contributed by atoms with Gasteiger partial charge in [0.15, 0.2) is 0 Å².